The van der Waals surface area contributed by atoms with Gasteiger partial charge in [-0.2, -0.15) is 10.5 Å². The number of hydrogen-bond acceptors (Lipinski definition) is 5. The highest BCUT2D eigenvalue weighted by atomic mass is 19.1. The van der Waals surface area contributed by atoms with Gasteiger partial charge in [0, 0.05) is 17.5 Å². The lowest BCUT2D eigenvalue weighted by molar-refractivity contribution is 0.0600. The van der Waals surface area contributed by atoms with E-state index in [0.717, 1.165) is 12.3 Å². The molecule has 1 rings (SSSR count). The van der Waals surface area contributed by atoms with Crippen LogP contribution in [0.15, 0.2) is 23.9 Å². The highest BCUT2D eigenvalue weighted by Crippen LogP contribution is 2.21. The van der Waals surface area contributed by atoms with E-state index in [1.807, 2.05) is 0 Å². The van der Waals surface area contributed by atoms with Gasteiger partial charge in [0.1, 0.15) is 23.5 Å². The monoisotopic (exact) mass is 259 g/mol. The lowest BCUT2D eigenvalue weighted by atomic mass is 10.1. The summed E-state index contributed by atoms with van der Waals surface area (Å²) in [5, 5.41) is 19.8. The van der Waals surface area contributed by atoms with Gasteiger partial charge in [0.05, 0.1) is 12.7 Å². The van der Waals surface area contributed by atoms with Gasteiger partial charge in [-0.1, -0.05) is 0 Å². The normalized spacial score (nSPS) is 8.89. The number of ether oxygens (including phenoxy) is 1. The fourth-order valence-corrected chi connectivity index (χ4v) is 1.30. The number of nitrogens with zero attached hydrogens (tertiary/aromatic N) is 2. The molecule has 6 heteroatoms. The van der Waals surface area contributed by atoms with E-state index in [4.69, 9.17) is 10.5 Å². The van der Waals surface area contributed by atoms with E-state index in [1.54, 1.807) is 12.1 Å². The van der Waals surface area contributed by atoms with Gasteiger partial charge in [0.2, 0.25) is 0 Å². The molecule has 0 heterocycles. The lowest BCUT2D eigenvalue weighted by Crippen LogP contribution is -2.05. The molecule has 19 heavy (non-hydrogen) atoms. The van der Waals surface area contributed by atoms with Crippen molar-refractivity contribution in [3.05, 3.63) is 40.8 Å². The lowest BCUT2D eigenvalue weighted by Gasteiger charge is -2.09. The topological polar surface area (TPSA) is 85.9 Å². The minimum atomic E-state index is -0.674. The van der Waals surface area contributed by atoms with Crippen LogP contribution < -0.4 is 5.32 Å². The average Bonchev–Trinajstić information content (AvgIpc) is 2.43. The van der Waals surface area contributed by atoms with Crippen LogP contribution in [0.2, 0.25) is 0 Å². The number of rotatable bonds is 3. The molecule has 0 amide bonds. The maximum atomic E-state index is 13.6. The number of nitriles is 2. The SMILES string of the molecule is COC(=O)c1cc(F)c(C)c(NC=C(C#N)C#N)c1. The zero-order valence-electron chi connectivity index (χ0n) is 10.3. The van der Waals surface area contributed by atoms with Crippen LogP contribution in [0.4, 0.5) is 10.1 Å². The summed E-state index contributed by atoms with van der Waals surface area (Å²) in [4.78, 5) is 11.3. The van der Waals surface area contributed by atoms with Crippen molar-refractivity contribution in [1.82, 2.24) is 0 Å². The third kappa shape index (κ3) is 3.30. The van der Waals surface area contributed by atoms with Crippen LogP contribution in [0, 0.1) is 35.4 Å². The molecular formula is C13H10FN3O2. The van der Waals surface area contributed by atoms with Crippen LogP contribution in [0.3, 0.4) is 0 Å². The summed E-state index contributed by atoms with van der Waals surface area (Å²) in [7, 11) is 1.19. The number of esters is 1. The minimum absolute atomic E-state index is 0.0389. The molecule has 5 nitrogen and oxygen atoms in total. The molecule has 1 aromatic rings. The molecule has 0 atom stereocenters. The Morgan fingerprint density at radius 2 is 2.05 bits per heavy atom. The van der Waals surface area contributed by atoms with Crippen molar-refractivity contribution in [2.75, 3.05) is 12.4 Å². The van der Waals surface area contributed by atoms with E-state index < -0.39 is 11.8 Å². The maximum Gasteiger partial charge on any atom is 0.338 e. The van der Waals surface area contributed by atoms with Crippen molar-refractivity contribution >= 4 is 11.7 Å². The third-order valence-corrected chi connectivity index (χ3v) is 2.38. The molecule has 0 aliphatic carbocycles. The fourth-order valence-electron chi connectivity index (χ4n) is 1.30. The minimum Gasteiger partial charge on any atom is -0.465 e. The molecule has 0 spiro atoms. The highest BCUT2D eigenvalue weighted by Gasteiger charge is 2.12. The molecule has 0 aliphatic heterocycles. The number of benzene rings is 1. The first-order valence-corrected chi connectivity index (χ1v) is 5.18. The van der Waals surface area contributed by atoms with Crippen LogP contribution in [-0.2, 0) is 4.74 Å². The molecule has 0 saturated carbocycles. The summed E-state index contributed by atoms with van der Waals surface area (Å²) >= 11 is 0. The molecule has 96 valence electrons. The van der Waals surface area contributed by atoms with Crippen LogP contribution in [0.5, 0.6) is 0 Å². The summed E-state index contributed by atoms with van der Waals surface area (Å²) in [6.07, 6.45) is 1.14. The number of methoxy groups -OCH3 is 1. The van der Waals surface area contributed by atoms with Gasteiger partial charge >= 0.3 is 5.97 Å². The van der Waals surface area contributed by atoms with Gasteiger partial charge < -0.3 is 10.1 Å². The molecular weight excluding hydrogens is 249 g/mol. The molecule has 0 fully saturated rings. The first-order valence-electron chi connectivity index (χ1n) is 5.18. The Labute approximate surface area is 109 Å². The fraction of sp³-hybridized carbons (Fsp3) is 0.154. The maximum absolute atomic E-state index is 13.6. The predicted molar refractivity (Wildman–Crippen MR) is 65.4 cm³/mol. The van der Waals surface area contributed by atoms with Crippen molar-refractivity contribution in [2.24, 2.45) is 0 Å². The summed E-state index contributed by atoms with van der Waals surface area (Å²) < 4.78 is 18.1. The number of anilines is 1. The second kappa shape index (κ2) is 6.18. The Bertz CT molecular complexity index is 608. The van der Waals surface area contributed by atoms with Crippen LogP contribution >= 0.6 is 0 Å². The van der Waals surface area contributed by atoms with Gasteiger partial charge in [-0.25, -0.2) is 9.18 Å². The van der Waals surface area contributed by atoms with Crippen molar-refractivity contribution in [3.8, 4) is 12.1 Å². The number of carbonyl (C=O) groups is 1. The van der Waals surface area contributed by atoms with Crippen molar-refractivity contribution in [2.45, 2.75) is 6.92 Å². The average molecular weight is 259 g/mol. The van der Waals surface area contributed by atoms with Gasteiger partial charge in [0.25, 0.3) is 0 Å². The highest BCUT2D eigenvalue weighted by molar-refractivity contribution is 5.90. The van der Waals surface area contributed by atoms with Gasteiger partial charge in [-0.05, 0) is 19.1 Å². The van der Waals surface area contributed by atoms with E-state index >= 15 is 0 Å². The molecule has 1 aromatic carbocycles. The van der Waals surface area contributed by atoms with E-state index in [2.05, 4.69) is 10.1 Å². The second-order valence-corrected chi connectivity index (χ2v) is 3.55. The predicted octanol–water partition coefficient (Wildman–Crippen LogP) is 2.26. The Morgan fingerprint density at radius 3 is 2.58 bits per heavy atom. The van der Waals surface area contributed by atoms with Crippen molar-refractivity contribution < 1.29 is 13.9 Å². The molecule has 0 radical (unpaired) electrons. The number of carbonyl (C=O) groups excluding carboxylic acids is 1. The Kier molecular flexibility index (Phi) is 4.62. The second-order valence-electron chi connectivity index (χ2n) is 3.55. The van der Waals surface area contributed by atoms with Gasteiger partial charge in [-0.3, -0.25) is 0 Å². The van der Waals surface area contributed by atoms with Gasteiger partial charge in [0.15, 0.2) is 0 Å². The quantitative estimate of drug-likeness (QED) is 0.664. The number of halogens is 1. The van der Waals surface area contributed by atoms with Crippen molar-refractivity contribution in [3.63, 3.8) is 0 Å². The molecule has 0 saturated heterocycles. The Morgan fingerprint density at radius 1 is 1.42 bits per heavy atom. The van der Waals surface area contributed by atoms with Crippen molar-refractivity contribution in [1.29, 1.82) is 10.5 Å². The smallest absolute Gasteiger partial charge is 0.338 e. The summed E-state index contributed by atoms with van der Waals surface area (Å²) in [6.45, 7) is 1.50. The van der Waals surface area contributed by atoms with E-state index in [-0.39, 0.29) is 22.4 Å². The molecule has 0 aliphatic rings. The van der Waals surface area contributed by atoms with Crippen LogP contribution in [0.25, 0.3) is 0 Å². The van der Waals surface area contributed by atoms with E-state index in [0.29, 0.717) is 0 Å². The van der Waals surface area contributed by atoms with Crippen LogP contribution in [0.1, 0.15) is 15.9 Å². The van der Waals surface area contributed by atoms with E-state index in [1.165, 1.54) is 20.1 Å². The number of allylic oxidation sites excluding steroid dienone is 1. The molecule has 0 bridgehead atoms. The Balaban J connectivity index is 3.18. The van der Waals surface area contributed by atoms with E-state index in [9.17, 15) is 9.18 Å². The molecule has 0 unspecified atom stereocenters. The zero-order chi connectivity index (χ0) is 14.4. The zero-order valence-corrected chi connectivity index (χ0v) is 10.3. The third-order valence-electron chi connectivity index (χ3n) is 2.38. The van der Waals surface area contributed by atoms with Gasteiger partial charge in [-0.15, -0.1) is 0 Å². The Hall–Kier alpha value is -2.86. The standard InChI is InChI=1S/C13H10FN3O2/c1-8-11(14)3-10(13(18)19-2)4-12(8)17-7-9(5-15)6-16/h3-4,7,17H,1-2H3. The molecule has 1 N–H and O–H groups in total. The summed E-state index contributed by atoms with van der Waals surface area (Å²) in [5.41, 5.74) is 0.419. The number of nitrogens with one attached hydrogen (secondary N) is 1. The summed E-state index contributed by atoms with van der Waals surface area (Å²) in [5.74, 6) is -1.26. The number of hydrogen-bond donors (Lipinski definition) is 1. The van der Waals surface area contributed by atoms with Crippen LogP contribution in [-0.4, -0.2) is 13.1 Å². The first-order chi connectivity index (χ1) is 9.03. The first kappa shape index (κ1) is 14.2. The largest absolute Gasteiger partial charge is 0.465 e. The molecule has 0 aromatic heterocycles. The summed E-state index contributed by atoms with van der Waals surface area (Å²) in [6, 6.07) is 5.76.